The third kappa shape index (κ3) is 40.6. The standard InChI is InChI=1S/3C17H27O7PS.3K/c3*1-3-6-15-9-11-16(12-10-15)24-13-14(2)7-4-5-8-17(25(18,19)20)26(21,22)23;;;/h3*7,9-12,17H,3-6,8,13H2,1-2H3,(H2,18,19,20)(H,21,22,23);;;/q;;;3*+1/p-3/b3*14-7+;;;. The number of hydrogen-bond acceptors (Lipinski definition) is 15. The number of hydrogen-bond donors (Lipinski definition) is 6. The summed E-state index contributed by atoms with van der Waals surface area (Å²) in [7, 11) is -30.0. The zero-order chi connectivity index (χ0) is 59.4. The minimum Gasteiger partial charge on any atom is -0.747 e. The molecule has 81 heavy (non-hydrogen) atoms. The van der Waals surface area contributed by atoms with Crippen molar-refractivity contribution in [2.45, 2.75) is 153 Å². The van der Waals surface area contributed by atoms with E-state index in [1.807, 2.05) is 93.6 Å². The molecule has 3 rings (SSSR count). The summed E-state index contributed by atoms with van der Waals surface area (Å²) in [6, 6.07) is 23.5. The minimum absolute atomic E-state index is 0. The number of aryl methyl sites for hydroxylation is 3. The van der Waals surface area contributed by atoms with Gasteiger partial charge in [-0.1, -0.05) is 94.7 Å². The van der Waals surface area contributed by atoms with E-state index in [2.05, 4.69) is 20.8 Å². The smallest absolute Gasteiger partial charge is 0.747 e. The van der Waals surface area contributed by atoms with Gasteiger partial charge >= 0.3 is 177 Å². The van der Waals surface area contributed by atoms with Crippen molar-refractivity contribution in [2.75, 3.05) is 19.8 Å². The fourth-order valence-electron chi connectivity index (χ4n) is 7.26. The Morgan fingerprint density at radius 3 is 0.790 bits per heavy atom. The van der Waals surface area contributed by atoms with Gasteiger partial charge in [0.15, 0.2) is 15.0 Å². The topological polar surface area (TPSA) is 372 Å². The van der Waals surface area contributed by atoms with Crippen LogP contribution in [-0.4, -0.2) is 103 Å². The van der Waals surface area contributed by atoms with Crippen LogP contribution in [0.5, 0.6) is 17.2 Å². The van der Waals surface area contributed by atoms with Gasteiger partial charge in [0.25, 0.3) is 0 Å². The molecule has 21 nitrogen and oxygen atoms in total. The molecule has 0 radical (unpaired) electrons. The van der Waals surface area contributed by atoms with E-state index in [0.29, 0.717) is 39.1 Å². The fraction of sp³-hybridized carbons (Fsp3) is 0.529. The molecule has 444 valence electrons. The maximum absolute atomic E-state index is 11.1. The normalized spacial score (nSPS) is 13.7. The molecule has 0 spiro atoms. The molecule has 0 bridgehead atoms. The van der Waals surface area contributed by atoms with Gasteiger partial charge in [0.05, 0.1) is 0 Å². The third-order valence-corrected chi connectivity index (χ3v) is 21.9. The Kier molecular flexibility index (Phi) is 47.0. The van der Waals surface area contributed by atoms with Gasteiger partial charge in [-0.05, 0) is 168 Å². The van der Waals surface area contributed by atoms with Crippen LogP contribution in [0.15, 0.2) is 108 Å². The summed E-state index contributed by atoms with van der Waals surface area (Å²) in [5.74, 6) is 2.24. The Bertz CT molecular complexity index is 2530. The van der Waals surface area contributed by atoms with Crippen molar-refractivity contribution in [2.24, 2.45) is 0 Å². The Labute approximate surface area is 608 Å². The molecule has 0 fully saturated rings. The zero-order valence-corrected chi connectivity index (χ0v) is 62.5. The van der Waals surface area contributed by atoms with Gasteiger partial charge < -0.3 is 57.2 Å². The van der Waals surface area contributed by atoms with Gasteiger partial charge in [-0.15, -0.1) is 0 Å². The van der Waals surface area contributed by atoms with Gasteiger partial charge in [0.2, 0.25) is 0 Å². The molecule has 0 saturated heterocycles. The first-order valence-corrected chi connectivity index (χ1v) is 34.7. The second-order valence-electron chi connectivity index (χ2n) is 18.6. The monoisotopic (exact) mass is 1330 g/mol. The molecule has 0 saturated carbocycles. The van der Waals surface area contributed by atoms with Crippen molar-refractivity contribution >= 4 is 53.1 Å². The van der Waals surface area contributed by atoms with E-state index in [0.717, 1.165) is 72.5 Å². The second kappa shape index (κ2) is 43.9. The average molecular weight is 1330 g/mol. The van der Waals surface area contributed by atoms with E-state index in [1.54, 1.807) is 18.2 Å². The molecule has 0 aliphatic rings. The van der Waals surface area contributed by atoms with Crippen LogP contribution >= 0.6 is 22.8 Å². The summed E-state index contributed by atoms with van der Waals surface area (Å²) >= 11 is 0. The van der Waals surface area contributed by atoms with Gasteiger partial charge in [-0.25, -0.2) is 25.3 Å². The third-order valence-electron chi connectivity index (χ3n) is 11.4. The van der Waals surface area contributed by atoms with Crippen LogP contribution in [0.4, 0.5) is 0 Å². The summed E-state index contributed by atoms with van der Waals surface area (Å²) < 4.78 is 149. The molecular weight excluding hydrogens is 1250 g/mol. The van der Waals surface area contributed by atoms with Gasteiger partial charge in [0, 0.05) is 0 Å². The van der Waals surface area contributed by atoms with E-state index in [1.165, 1.54) is 16.7 Å². The van der Waals surface area contributed by atoms with Crippen LogP contribution in [0.25, 0.3) is 0 Å². The molecule has 3 aromatic rings. The van der Waals surface area contributed by atoms with Gasteiger partial charge in [-0.2, -0.15) is 0 Å². The minimum atomic E-state index is -5.04. The Hall–Kier alpha value is 1.37. The van der Waals surface area contributed by atoms with Crippen LogP contribution in [0.3, 0.4) is 0 Å². The molecule has 30 heteroatoms. The zero-order valence-electron chi connectivity index (χ0n) is 48.0. The molecule has 3 aromatic carbocycles. The van der Waals surface area contributed by atoms with Crippen molar-refractivity contribution in [1.29, 1.82) is 0 Å². The van der Waals surface area contributed by atoms with E-state index in [-0.39, 0.29) is 193 Å². The summed E-state index contributed by atoms with van der Waals surface area (Å²) in [5.41, 5.74) is 6.46. The molecule has 0 heterocycles. The molecule has 0 amide bonds. The maximum Gasteiger partial charge on any atom is 1.00 e. The number of allylic oxidation sites excluding steroid dienone is 3. The van der Waals surface area contributed by atoms with Crippen molar-refractivity contribution in [3.05, 3.63) is 124 Å². The van der Waals surface area contributed by atoms with Crippen molar-refractivity contribution < 1.29 is 250 Å². The molecule has 0 aromatic heterocycles. The van der Waals surface area contributed by atoms with Crippen LogP contribution in [0.1, 0.15) is 135 Å². The van der Waals surface area contributed by atoms with Crippen LogP contribution < -0.4 is 168 Å². The Morgan fingerprint density at radius 1 is 0.432 bits per heavy atom. The first-order chi connectivity index (χ1) is 36.1. The molecule has 6 N–H and O–H groups in total. The van der Waals surface area contributed by atoms with Crippen molar-refractivity contribution in [1.82, 2.24) is 0 Å². The number of benzene rings is 3. The number of unbranched alkanes of at least 4 members (excludes halogenated alkanes) is 3. The van der Waals surface area contributed by atoms with Gasteiger partial charge in [0.1, 0.15) is 67.4 Å². The molecule has 0 aliphatic carbocycles. The van der Waals surface area contributed by atoms with E-state index < -0.39 is 68.1 Å². The first kappa shape index (κ1) is 86.6. The summed E-state index contributed by atoms with van der Waals surface area (Å²) in [6.07, 6.45) is 12.3. The van der Waals surface area contributed by atoms with Crippen LogP contribution in [-0.2, 0) is 63.3 Å². The van der Waals surface area contributed by atoms with E-state index >= 15 is 0 Å². The summed E-state index contributed by atoms with van der Waals surface area (Å²) in [4.78, 5) is 47.4. The predicted octanol–water partition coefficient (Wildman–Crippen LogP) is 0.563. The van der Waals surface area contributed by atoms with Crippen LogP contribution in [0, 0.1) is 0 Å². The van der Waals surface area contributed by atoms with Crippen molar-refractivity contribution in [3.63, 3.8) is 0 Å². The second-order valence-corrected chi connectivity index (χ2v) is 29.7. The summed E-state index contributed by atoms with van der Waals surface area (Å²) in [6.45, 7) is 13.0. The molecule has 3 atom stereocenters. The van der Waals surface area contributed by atoms with Gasteiger partial charge in [-0.3, -0.25) is 13.7 Å². The maximum atomic E-state index is 11.1. The molecule has 0 aliphatic heterocycles. The van der Waals surface area contributed by atoms with Crippen molar-refractivity contribution in [3.8, 4) is 17.2 Å². The fourth-order valence-corrected chi connectivity index (χ4v) is 14.2. The summed E-state index contributed by atoms with van der Waals surface area (Å²) in [5, 5.41) is 0. The number of ether oxygens (including phenoxy) is 3. The Balaban J connectivity index is -0.00000111. The molecule has 3 unspecified atom stereocenters. The van der Waals surface area contributed by atoms with E-state index in [9.17, 15) is 52.6 Å². The first-order valence-electron chi connectivity index (χ1n) is 25.2. The predicted molar refractivity (Wildman–Crippen MR) is 297 cm³/mol. The SMILES string of the molecule is CCCc1ccc(OC/C(C)=C/CCCC(P(=O)(O)O)S(=O)(=O)[O-])cc1.CCCc1ccc(OC/C(C)=C/CCCC(P(=O)(O)O)S(=O)(=O)[O-])cc1.CCCc1ccc(OC/C(C)=C/CCCC(P(=O)(O)O)S(=O)(=O)[O-])cc1.[K+].[K+].[K+]. The van der Waals surface area contributed by atoms with E-state index in [4.69, 9.17) is 43.6 Å². The Morgan fingerprint density at radius 2 is 0.630 bits per heavy atom. The van der Waals surface area contributed by atoms with Crippen LogP contribution in [0.2, 0.25) is 0 Å². The number of rotatable bonds is 33. The quantitative estimate of drug-likeness (QED) is 0.0160. The average Bonchev–Trinajstić information content (AvgIpc) is 3.31. The largest absolute Gasteiger partial charge is 1.00 e. The molecular formula is C51H78K3O21P3S3.